The van der Waals surface area contributed by atoms with Crippen LogP contribution in [0.4, 0.5) is 4.39 Å². The molecule has 0 N–H and O–H groups in total. The molecule has 0 radical (unpaired) electrons. The van der Waals surface area contributed by atoms with Gasteiger partial charge in [-0.3, -0.25) is 4.79 Å². The summed E-state index contributed by atoms with van der Waals surface area (Å²) >= 11 is 3.10. The maximum absolute atomic E-state index is 13.3. The molecule has 1 aromatic rings. The van der Waals surface area contributed by atoms with E-state index >= 15 is 0 Å². The van der Waals surface area contributed by atoms with Gasteiger partial charge >= 0.3 is 5.97 Å². The molecule has 16 heavy (non-hydrogen) atoms. The second-order valence-corrected chi connectivity index (χ2v) is 4.73. The molecule has 0 aromatic heterocycles. The van der Waals surface area contributed by atoms with Gasteiger partial charge in [0.1, 0.15) is 5.82 Å². The highest BCUT2D eigenvalue weighted by molar-refractivity contribution is 9.10. The number of carbonyl (C=O) groups excluding carboxylic acids is 1. The first-order valence-corrected chi connectivity index (χ1v) is 6.04. The summed E-state index contributed by atoms with van der Waals surface area (Å²) in [6.45, 7) is 2.19. The second-order valence-electron chi connectivity index (χ2n) is 3.87. The predicted octanol–water partition coefficient (Wildman–Crippen LogP) is 3.25. The second kappa shape index (κ2) is 4.53. The Labute approximate surface area is 102 Å². The highest BCUT2D eigenvalue weighted by Crippen LogP contribution is 2.48. The SMILES string of the molecule is CCOC(=O)C1CC1c1ccc(Br)c(F)c1. The van der Waals surface area contributed by atoms with E-state index in [1.807, 2.05) is 6.07 Å². The Balaban J connectivity index is 2.06. The summed E-state index contributed by atoms with van der Waals surface area (Å²) in [5.74, 6) is -0.412. The Morgan fingerprint density at radius 1 is 1.62 bits per heavy atom. The van der Waals surface area contributed by atoms with Gasteiger partial charge in [0.15, 0.2) is 0 Å². The summed E-state index contributed by atoms with van der Waals surface area (Å²) in [4.78, 5) is 11.4. The molecule has 1 fully saturated rings. The van der Waals surface area contributed by atoms with Crippen molar-refractivity contribution in [3.05, 3.63) is 34.1 Å². The molecule has 1 aromatic carbocycles. The molecule has 2 nitrogen and oxygen atoms in total. The summed E-state index contributed by atoms with van der Waals surface area (Å²) in [7, 11) is 0. The molecule has 1 aliphatic rings. The Hall–Kier alpha value is -0.900. The van der Waals surface area contributed by atoms with E-state index in [9.17, 15) is 9.18 Å². The number of esters is 1. The molecule has 0 aliphatic heterocycles. The van der Waals surface area contributed by atoms with E-state index in [-0.39, 0.29) is 23.6 Å². The minimum absolute atomic E-state index is 0.0828. The number of rotatable bonds is 3. The normalized spacial score (nSPS) is 22.9. The third-order valence-electron chi connectivity index (χ3n) is 2.75. The highest BCUT2D eigenvalue weighted by Gasteiger charge is 2.45. The fourth-order valence-corrected chi connectivity index (χ4v) is 2.06. The van der Waals surface area contributed by atoms with Crippen LogP contribution in [-0.4, -0.2) is 12.6 Å². The van der Waals surface area contributed by atoms with Crippen LogP contribution in [0.15, 0.2) is 22.7 Å². The third kappa shape index (κ3) is 2.26. The number of carbonyl (C=O) groups is 1. The predicted molar refractivity (Wildman–Crippen MR) is 61.6 cm³/mol. The Morgan fingerprint density at radius 2 is 2.38 bits per heavy atom. The summed E-state index contributed by atoms with van der Waals surface area (Å²) in [5, 5.41) is 0. The molecule has 2 unspecified atom stereocenters. The third-order valence-corrected chi connectivity index (χ3v) is 3.39. The highest BCUT2D eigenvalue weighted by atomic mass is 79.9. The van der Waals surface area contributed by atoms with Crippen molar-refractivity contribution in [2.75, 3.05) is 6.61 Å². The van der Waals surface area contributed by atoms with Gasteiger partial charge < -0.3 is 4.74 Å². The van der Waals surface area contributed by atoms with E-state index in [0.717, 1.165) is 12.0 Å². The molecule has 2 rings (SSSR count). The first kappa shape index (κ1) is 11.6. The number of ether oxygens (including phenoxy) is 1. The monoisotopic (exact) mass is 286 g/mol. The molecule has 4 heteroatoms. The standard InChI is InChI=1S/C12H12BrFO2/c1-2-16-12(15)9-6-8(9)7-3-4-10(13)11(14)5-7/h3-5,8-9H,2,6H2,1H3. The first-order valence-electron chi connectivity index (χ1n) is 5.25. The molecule has 0 spiro atoms. The lowest BCUT2D eigenvalue weighted by molar-refractivity contribution is -0.144. The van der Waals surface area contributed by atoms with E-state index in [2.05, 4.69) is 15.9 Å². The topological polar surface area (TPSA) is 26.3 Å². The molecular weight excluding hydrogens is 275 g/mol. The molecular formula is C12H12BrFO2. The van der Waals surface area contributed by atoms with Gasteiger partial charge in [0.05, 0.1) is 17.0 Å². The van der Waals surface area contributed by atoms with Crippen LogP contribution in [0.1, 0.15) is 24.8 Å². The van der Waals surface area contributed by atoms with Crippen LogP contribution >= 0.6 is 15.9 Å². The lowest BCUT2D eigenvalue weighted by Crippen LogP contribution is -2.07. The average Bonchev–Trinajstić information content (AvgIpc) is 3.02. The zero-order chi connectivity index (χ0) is 11.7. The van der Waals surface area contributed by atoms with Crippen molar-refractivity contribution < 1.29 is 13.9 Å². The van der Waals surface area contributed by atoms with Crippen molar-refractivity contribution in [3.8, 4) is 0 Å². The number of hydrogen-bond donors (Lipinski definition) is 0. The smallest absolute Gasteiger partial charge is 0.309 e. The summed E-state index contributed by atoms with van der Waals surface area (Å²) in [5.41, 5.74) is 0.874. The Morgan fingerprint density at radius 3 is 3.00 bits per heavy atom. The van der Waals surface area contributed by atoms with Crippen LogP contribution in [0.25, 0.3) is 0 Å². The molecule has 86 valence electrons. The number of benzene rings is 1. The fraction of sp³-hybridized carbons (Fsp3) is 0.417. The van der Waals surface area contributed by atoms with Crippen LogP contribution in [0.2, 0.25) is 0 Å². The van der Waals surface area contributed by atoms with Gasteiger partial charge in [0, 0.05) is 0 Å². The maximum Gasteiger partial charge on any atom is 0.309 e. The van der Waals surface area contributed by atoms with Gasteiger partial charge in [0.2, 0.25) is 0 Å². The van der Waals surface area contributed by atoms with Crippen molar-refractivity contribution in [2.45, 2.75) is 19.3 Å². The van der Waals surface area contributed by atoms with E-state index in [4.69, 9.17) is 4.74 Å². The van der Waals surface area contributed by atoms with E-state index in [1.165, 1.54) is 6.07 Å². The molecule has 1 saturated carbocycles. The van der Waals surface area contributed by atoms with Crippen molar-refractivity contribution in [1.29, 1.82) is 0 Å². The Bertz CT molecular complexity index is 419. The van der Waals surface area contributed by atoms with Gasteiger partial charge in [-0.1, -0.05) is 6.07 Å². The quantitative estimate of drug-likeness (QED) is 0.798. The van der Waals surface area contributed by atoms with Crippen molar-refractivity contribution >= 4 is 21.9 Å². The molecule has 0 amide bonds. The van der Waals surface area contributed by atoms with Crippen LogP contribution in [-0.2, 0) is 9.53 Å². The molecule has 0 heterocycles. The lowest BCUT2D eigenvalue weighted by Gasteiger charge is -2.02. The molecule has 2 atom stereocenters. The van der Waals surface area contributed by atoms with Crippen molar-refractivity contribution in [3.63, 3.8) is 0 Å². The minimum atomic E-state index is -0.285. The molecule has 0 saturated heterocycles. The van der Waals surface area contributed by atoms with Gasteiger partial charge in [-0.25, -0.2) is 4.39 Å². The van der Waals surface area contributed by atoms with E-state index in [1.54, 1.807) is 13.0 Å². The molecule has 1 aliphatic carbocycles. The zero-order valence-corrected chi connectivity index (χ0v) is 10.5. The maximum atomic E-state index is 13.3. The van der Waals surface area contributed by atoms with Gasteiger partial charge in [0.25, 0.3) is 0 Å². The van der Waals surface area contributed by atoms with E-state index in [0.29, 0.717) is 11.1 Å². The van der Waals surface area contributed by atoms with Crippen LogP contribution in [0.3, 0.4) is 0 Å². The average molecular weight is 287 g/mol. The number of hydrogen-bond acceptors (Lipinski definition) is 2. The summed E-state index contributed by atoms with van der Waals surface area (Å²) in [6, 6.07) is 5.00. The summed E-state index contributed by atoms with van der Waals surface area (Å²) < 4.78 is 18.7. The van der Waals surface area contributed by atoms with Crippen molar-refractivity contribution in [1.82, 2.24) is 0 Å². The van der Waals surface area contributed by atoms with Gasteiger partial charge in [-0.05, 0) is 52.9 Å². The van der Waals surface area contributed by atoms with Crippen LogP contribution in [0, 0.1) is 11.7 Å². The largest absolute Gasteiger partial charge is 0.466 e. The minimum Gasteiger partial charge on any atom is -0.466 e. The zero-order valence-electron chi connectivity index (χ0n) is 8.87. The van der Waals surface area contributed by atoms with Gasteiger partial charge in [-0.15, -0.1) is 0 Å². The van der Waals surface area contributed by atoms with Crippen LogP contribution in [0.5, 0.6) is 0 Å². The summed E-state index contributed by atoms with van der Waals surface area (Å²) in [6.07, 6.45) is 0.764. The fourth-order valence-electron chi connectivity index (χ4n) is 1.82. The van der Waals surface area contributed by atoms with Crippen LogP contribution < -0.4 is 0 Å². The molecule has 0 bridgehead atoms. The van der Waals surface area contributed by atoms with Crippen molar-refractivity contribution in [2.24, 2.45) is 5.92 Å². The van der Waals surface area contributed by atoms with E-state index < -0.39 is 0 Å². The Kier molecular flexibility index (Phi) is 3.28. The number of halogens is 2. The lowest BCUT2D eigenvalue weighted by atomic mass is 10.1. The van der Waals surface area contributed by atoms with Gasteiger partial charge in [-0.2, -0.15) is 0 Å². The first-order chi connectivity index (χ1) is 7.63.